The summed E-state index contributed by atoms with van der Waals surface area (Å²) in [4.78, 5) is 26.8. The second kappa shape index (κ2) is 6.88. The van der Waals surface area contributed by atoms with Crippen LogP contribution in [0.3, 0.4) is 0 Å². The quantitative estimate of drug-likeness (QED) is 0.690. The van der Waals surface area contributed by atoms with Gasteiger partial charge in [0.15, 0.2) is 5.16 Å². The summed E-state index contributed by atoms with van der Waals surface area (Å²) in [5.41, 5.74) is 6.46. The van der Waals surface area contributed by atoms with Gasteiger partial charge in [-0.3, -0.25) is 14.0 Å². The molecule has 2 N–H and O–H groups in total. The number of primary amides is 1. The van der Waals surface area contributed by atoms with Crippen LogP contribution in [0.2, 0.25) is 0 Å². The van der Waals surface area contributed by atoms with Gasteiger partial charge in [0.25, 0.3) is 0 Å². The van der Waals surface area contributed by atoms with Crippen molar-refractivity contribution in [2.24, 2.45) is 11.7 Å². The fourth-order valence-electron chi connectivity index (χ4n) is 3.31. The van der Waals surface area contributed by atoms with Crippen LogP contribution in [-0.4, -0.2) is 49.7 Å². The van der Waals surface area contributed by atoms with E-state index in [1.54, 1.807) is 16.2 Å². The Morgan fingerprint density at radius 3 is 2.96 bits per heavy atom. The van der Waals surface area contributed by atoms with Gasteiger partial charge in [0, 0.05) is 13.1 Å². The molecule has 2 amide bonds. The summed E-state index contributed by atoms with van der Waals surface area (Å²) in [6.45, 7) is 2.95. The first-order chi connectivity index (χ1) is 12.5. The molecule has 2 aromatic heterocycles. The lowest BCUT2D eigenvalue weighted by Gasteiger charge is -2.32. The van der Waals surface area contributed by atoms with Crippen molar-refractivity contribution in [3.05, 3.63) is 24.3 Å². The Labute approximate surface area is 158 Å². The summed E-state index contributed by atoms with van der Waals surface area (Å²) in [6.07, 6.45) is 1.56. The maximum atomic E-state index is 12.8. The highest BCUT2D eigenvalue weighted by Gasteiger charge is 2.30. The second-order valence-electron chi connectivity index (χ2n) is 6.46. The largest absolute Gasteiger partial charge is 0.369 e. The number of hydrogen-bond acceptors (Lipinski definition) is 6. The number of carbonyl (C=O) groups excluding carboxylic acids is 2. The second-order valence-corrected chi connectivity index (χ2v) is 8.77. The molecule has 3 heterocycles. The Kier molecular flexibility index (Phi) is 4.58. The molecule has 4 rings (SSSR count). The molecule has 136 valence electrons. The van der Waals surface area contributed by atoms with E-state index in [1.165, 1.54) is 11.8 Å². The molecule has 9 heteroatoms. The van der Waals surface area contributed by atoms with Gasteiger partial charge in [-0.05, 0) is 31.9 Å². The standard InChI is InChI=1S/C17H19N5O2S2/c1-10(15(24)21-8-4-5-11(9-21)14(18)23)25-16-19-20-17-22(16)12-6-2-3-7-13(12)26-17/h2-3,6-7,10-11H,4-5,8-9H2,1H3,(H2,18,23). The zero-order valence-electron chi connectivity index (χ0n) is 14.3. The maximum Gasteiger partial charge on any atom is 0.235 e. The lowest BCUT2D eigenvalue weighted by molar-refractivity contribution is -0.134. The van der Waals surface area contributed by atoms with E-state index in [2.05, 4.69) is 16.3 Å². The van der Waals surface area contributed by atoms with E-state index in [0.717, 1.165) is 28.0 Å². The smallest absolute Gasteiger partial charge is 0.235 e. The summed E-state index contributed by atoms with van der Waals surface area (Å²) < 4.78 is 3.13. The van der Waals surface area contributed by atoms with Crippen LogP contribution in [0.4, 0.5) is 0 Å². The molecule has 7 nitrogen and oxygen atoms in total. The van der Waals surface area contributed by atoms with Crippen LogP contribution in [0.25, 0.3) is 15.2 Å². The number of piperidine rings is 1. The summed E-state index contributed by atoms with van der Waals surface area (Å²) in [5.74, 6) is -0.561. The topological polar surface area (TPSA) is 93.6 Å². The molecular formula is C17H19N5O2S2. The summed E-state index contributed by atoms with van der Waals surface area (Å²) in [7, 11) is 0. The molecular weight excluding hydrogens is 370 g/mol. The normalized spacial score (nSPS) is 19.1. The lowest BCUT2D eigenvalue weighted by atomic mass is 9.97. The Hall–Kier alpha value is -2.13. The molecule has 1 aliphatic rings. The van der Waals surface area contributed by atoms with E-state index in [0.29, 0.717) is 18.2 Å². The van der Waals surface area contributed by atoms with Gasteiger partial charge in [-0.1, -0.05) is 35.2 Å². The van der Waals surface area contributed by atoms with Gasteiger partial charge < -0.3 is 10.6 Å². The highest BCUT2D eigenvalue weighted by atomic mass is 32.2. The first-order valence-corrected chi connectivity index (χ1v) is 10.2. The van der Waals surface area contributed by atoms with Crippen LogP contribution in [0.15, 0.2) is 29.4 Å². The van der Waals surface area contributed by atoms with Crippen molar-refractivity contribution in [2.75, 3.05) is 13.1 Å². The first-order valence-electron chi connectivity index (χ1n) is 8.52. The van der Waals surface area contributed by atoms with Crippen molar-refractivity contribution < 1.29 is 9.59 Å². The molecule has 1 saturated heterocycles. The number of thiazole rings is 1. The number of nitrogens with two attached hydrogens (primary N) is 1. The van der Waals surface area contributed by atoms with E-state index >= 15 is 0 Å². The Morgan fingerprint density at radius 2 is 2.15 bits per heavy atom. The number of para-hydroxylation sites is 1. The number of hydrogen-bond donors (Lipinski definition) is 1. The molecule has 0 bridgehead atoms. The van der Waals surface area contributed by atoms with Crippen LogP contribution in [0, 0.1) is 5.92 Å². The summed E-state index contributed by atoms with van der Waals surface area (Å²) in [5, 5.41) is 8.90. The number of benzene rings is 1. The van der Waals surface area contributed by atoms with Gasteiger partial charge in [-0.15, -0.1) is 10.2 Å². The van der Waals surface area contributed by atoms with E-state index < -0.39 is 0 Å². The lowest BCUT2D eigenvalue weighted by Crippen LogP contribution is -2.46. The highest BCUT2D eigenvalue weighted by molar-refractivity contribution is 8.00. The van der Waals surface area contributed by atoms with Crippen molar-refractivity contribution >= 4 is 50.1 Å². The number of rotatable bonds is 4. The zero-order chi connectivity index (χ0) is 18.3. The molecule has 0 spiro atoms. The molecule has 1 aromatic carbocycles. The number of thioether (sulfide) groups is 1. The fraction of sp³-hybridized carbons (Fsp3) is 0.412. The molecule has 2 unspecified atom stereocenters. The van der Waals surface area contributed by atoms with Crippen LogP contribution in [0.1, 0.15) is 19.8 Å². The number of aromatic nitrogens is 3. The van der Waals surface area contributed by atoms with Gasteiger partial charge in [0.2, 0.25) is 16.8 Å². The molecule has 3 aromatic rings. The highest BCUT2D eigenvalue weighted by Crippen LogP contribution is 2.32. The molecule has 1 aliphatic heterocycles. The Morgan fingerprint density at radius 1 is 1.35 bits per heavy atom. The van der Waals surface area contributed by atoms with Crippen LogP contribution < -0.4 is 5.73 Å². The van der Waals surface area contributed by atoms with E-state index in [9.17, 15) is 9.59 Å². The first kappa shape index (κ1) is 17.3. The van der Waals surface area contributed by atoms with Crippen LogP contribution in [0.5, 0.6) is 0 Å². The number of amides is 2. The molecule has 0 saturated carbocycles. The number of fused-ring (bicyclic) bond motifs is 3. The van der Waals surface area contributed by atoms with E-state index in [1.807, 2.05) is 29.5 Å². The van der Waals surface area contributed by atoms with Gasteiger partial charge in [-0.25, -0.2) is 0 Å². The minimum Gasteiger partial charge on any atom is -0.369 e. The molecule has 2 atom stereocenters. The number of carbonyl (C=O) groups is 2. The average Bonchev–Trinajstić information content (AvgIpc) is 3.21. The monoisotopic (exact) mass is 389 g/mol. The summed E-state index contributed by atoms with van der Waals surface area (Å²) in [6, 6.07) is 8.06. The third-order valence-corrected chi connectivity index (χ3v) is 6.72. The van der Waals surface area contributed by atoms with Crippen molar-refractivity contribution in [2.45, 2.75) is 30.2 Å². The van der Waals surface area contributed by atoms with Crippen molar-refractivity contribution in [1.29, 1.82) is 0 Å². The average molecular weight is 390 g/mol. The van der Waals surface area contributed by atoms with Crippen molar-refractivity contribution in [1.82, 2.24) is 19.5 Å². The van der Waals surface area contributed by atoms with Crippen LogP contribution >= 0.6 is 23.1 Å². The SMILES string of the molecule is CC(Sc1nnc2sc3ccccc3n12)C(=O)N1CCCC(C(N)=O)C1. The maximum absolute atomic E-state index is 12.8. The molecule has 1 fully saturated rings. The minimum atomic E-state index is -0.327. The minimum absolute atomic E-state index is 0.0113. The van der Waals surface area contributed by atoms with Crippen molar-refractivity contribution in [3.63, 3.8) is 0 Å². The fourth-order valence-corrected chi connectivity index (χ4v) is 5.27. The third kappa shape index (κ3) is 3.05. The Bertz CT molecular complexity index is 982. The van der Waals surface area contributed by atoms with Gasteiger partial charge in [-0.2, -0.15) is 0 Å². The van der Waals surface area contributed by atoms with E-state index in [-0.39, 0.29) is 23.0 Å². The zero-order valence-corrected chi connectivity index (χ0v) is 15.9. The number of nitrogens with zero attached hydrogens (tertiary/aromatic N) is 4. The third-order valence-electron chi connectivity index (χ3n) is 4.68. The predicted molar refractivity (Wildman–Crippen MR) is 102 cm³/mol. The van der Waals surface area contributed by atoms with E-state index in [4.69, 9.17) is 5.73 Å². The summed E-state index contributed by atoms with van der Waals surface area (Å²) >= 11 is 2.98. The molecule has 0 radical (unpaired) electrons. The van der Waals surface area contributed by atoms with Gasteiger partial charge in [0.05, 0.1) is 21.4 Å². The predicted octanol–water partition coefficient (Wildman–Crippen LogP) is 2.15. The van der Waals surface area contributed by atoms with Crippen LogP contribution in [-0.2, 0) is 9.59 Å². The molecule has 0 aliphatic carbocycles. The molecule has 26 heavy (non-hydrogen) atoms. The van der Waals surface area contributed by atoms with Gasteiger partial charge >= 0.3 is 0 Å². The number of likely N-dealkylation sites (tertiary alicyclic amines) is 1. The Balaban J connectivity index is 1.54. The van der Waals surface area contributed by atoms with Gasteiger partial charge in [0.1, 0.15) is 0 Å². The van der Waals surface area contributed by atoms with Crippen molar-refractivity contribution in [3.8, 4) is 0 Å².